The van der Waals surface area contributed by atoms with Gasteiger partial charge in [-0.05, 0) is 23.8 Å². The number of carbonyl (C=O) groups is 1. The van der Waals surface area contributed by atoms with Crippen molar-refractivity contribution >= 4 is 62.2 Å². The maximum atomic E-state index is 12.4. The second-order valence-corrected chi connectivity index (χ2v) is 8.64. The monoisotopic (exact) mass is 483 g/mol. The van der Waals surface area contributed by atoms with Crippen LogP contribution in [0.1, 0.15) is 5.56 Å². The smallest absolute Gasteiger partial charge is 0.207 e. The van der Waals surface area contributed by atoms with Crippen LogP contribution in [0.2, 0.25) is 10.0 Å². The number of halogens is 2. The van der Waals surface area contributed by atoms with Crippen molar-refractivity contribution in [1.82, 2.24) is 29.3 Å². The van der Waals surface area contributed by atoms with Crippen LogP contribution in [0.4, 0.5) is 10.8 Å². The average Bonchev–Trinajstić information content (AvgIpc) is 3.52. The summed E-state index contributed by atoms with van der Waals surface area (Å²) in [6.45, 7) is 0.168. The van der Waals surface area contributed by atoms with Gasteiger partial charge in [0, 0.05) is 35.1 Å². The normalized spacial score (nSPS) is 11.2. The minimum absolute atomic E-state index is 0.0276. The number of hydrogen-bond acceptors (Lipinski definition) is 7. The molecule has 0 spiro atoms. The van der Waals surface area contributed by atoms with Gasteiger partial charge in [0.1, 0.15) is 0 Å². The van der Waals surface area contributed by atoms with Crippen molar-refractivity contribution in [3.8, 4) is 11.4 Å². The summed E-state index contributed by atoms with van der Waals surface area (Å²) in [5, 5.41) is 16.7. The highest BCUT2D eigenvalue weighted by molar-refractivity contribution is 7.10. The molecule has 3 aromatic heterocycles. The number of Topliss-reactive ketones (excluding diaryl/α,β-unsaturated/α-hetero) is 1. The Balaban J connectivity index is 1.30. The van der Waals surface area contributed by atoms with Crippen LogP contribution < -0.4 is 5.32 Å². The largest absolute Gasteiger partial charge is 0.329 e. The predicted molar refractivity (Wildman–Crippen MR) is 126 cm³/mol. The SMILES string of the molecule is O=C(Cc1cccc(-c2nsc(Nc3ccc4[nH]ncc4c3Cl)n2)c1)Cn1cc(Cl)cn1. The van der Waals surface area contributed by atoms with E-state index >= 15 is 0 Å². The molecule has 160 valence electrons. The van der Waals surface area contributed by atoms with E-state index in [1.54, 1.807) is 12.4 Å². The number of anilines is 2. The van der Waals surface area contributed by atoms with Crippen LogP contribution in [0.15, 0.2) is 55.0 Å². The number of H-pyrrole nitrogens is 1. The molecule has 11 heteroatoms. The fraction of sp³-hybridized carbons (Fsp3) is 0.0952. The molecule has 8 nitrogen and oxygen atoms in total. The van der Waals surface area contributed by atoms with Gasteiger partial charge in [0.05, 0.1) is 40.2 Å². The Bertz CT molecular complexity index is 1420. The first kappa shape index (κ1) is 20.6. The summed E-state index contributed by atoms with van der Waals surface area (Å²) in [7, 11) is 0. The van der Waals surface area contributed by atoms with E-state index in [-0.39, 0.29) is 18.7 Å². The lowest BCUT2D eigenvalue weighted by Gasteiger charge is -2.05. The summed E-state index contributed by atoms with van der Waals surface area (Å²) in [4.78, 5) is 17.0. The fourth-order valence-electron chi connectivity index (χ4n) is 3.30. The number of benzene rings is 2. The Morgan fingerprint density at radius 2 is 2.09 bits per heavy atom. The zero-order valence-electron chi connectivity index (χ0n) is 16.4. The van der Waals surface area contributed by atoms with Gasteiger partial charge in [0.2, 0.25) is 5.13 Å². The summed E-state index contributed by atoms with van der Waals surface area (Å²) in [6.07, 6.45) is 5.10. The first-order chi connectivity index (χ1) is 15.5. The summed E-state index contributed by atoms with van der Waals surface area (Å²) >= 11 is 13.6. The van der Waals surface area contributed by atoms with Gasteiger partial charge >= 0.3 is 0 Å². The Morgan fingerprint density at radius 3 is 2.94 bits per heavy atom. The molecule has 0 aliphatic heterocycles. The zero-order chi connectivity index (χ0) is 22.1. The lowest BCUT2D eigenvalue weighted by atomic mass is 10.1. The van der Waals surface area contributed by atoms with Crippen LogP contribution in [0.25, 0.3) is 22.3 Å². The molecular weight excluding hydrogens is 469 g/mol. The molecule has 3 heterocycles. The molecule has 0 aliphatic carbocycles. The molecule has 32 heavy (non-hydrogen) atoms. The zero-order valence-corrected chi connectivity index (χ0v) is 18.7. The summed E-state index contributed by atoms with van der Waals surface area (Å²) in [6, 6.07) is 11.4. The van der Waals surface area contributed by atoms with E-state index < -0.39 is 0 Å². The third-order valence-corrected chi connectivity index (χ3v) is 5.99. The number of carbonyl (C=O) groups excluding carboxylic acids is 1. The molecule has 0 fully saturated rings. The minimum Gasteiger partial charge on any atom is -0.329 e. The molecule has 0 saturated heterocycles. The van der Waals surface area contributed by atoms with E-state index in [0.717, 1.165) is 27.7 Å². The molecule has 2 aromatic carbocycles. The summed E-state index contributed by atoms with van der Waals surface area (Å²) in [5.41, 5.74) is 3.29. The first-order valence-electron chi connectivity index (χ1n) is 9.56. The van der Waals surface area contributed by atoms with Gasteiger partial charge in [0.25, 0.3) is 0 Å². The molecule has 0 saturated carbocycles. The first-order valence-corrected chi connectivity index (χ1v) is 11.1. The van der Waals surface area contributed by atoms with Crippen molar-refractivity contribution in [2.75, 3.05) is 5.32 Å². The molecule has 0 aliphatic rings. The van der Waals surface area contributed by atoms with Crippen molar-refractivity contribution in [1.29, 1.82) is 0 Å². The average molecular weight is 484 g/mol. The number of hydrogen-bond donors (Lipinski definition) is 2. The number of fused-ring (bicyclic) bond motifs is 1. The Hall–Kier alpha value is -3.27. The van der Waals surface area contributed by atoms with Crippen LogP contribution in [0.5, 0.6) is 0 Å². The topological polar surface area (TPSA) is 101 Å². The van der Waals surface area contributed by atoms with Crippen molar-refractivity contribution in [2.45, 2.75) is 13.0 Å². The van der Waals surface area contributed by atoms with Crippen LogP contribution in [0.3, 0.4) is 0 Å². The molecular formula is C21H15Cl2N7OS. The lowest BCUT2D eigenvalue weighted by Crippen LogP contribution is -2.12. The maximum Gasteiger partial charge on any atom is 0.207 e. The third kappa shape index (κ3) is 4.36. The number of nitrogens with zero attached hydrogens (tertiary/aromatic N) is 5. The van der Waals surface area contributed by atoms with Crippen LogP contribution in [-0.2, 0) is 17.8 Å². The predicted octanol–water partition coefficient (Wildman–Crippen LogP) is 5.14. The van der Waals surface area contributed by atoms with Gasteiger partial charge in [0.15, 0.2) is 11.6 Å². The second-order valence-electron chi connectivity index (χ2n) is 7.08. The summed E-state index contributed by atoms with van der Waals surface area (Å²) in [5.74, 6) is 0.603. The highest BCUT2D eigenvalue weighted by Gasteiger charge is 2.12. The molecule has 0 bridgehead atoms. The molecule has 0 unspecified atom stereocenters. The van der Waals surface area contributed by atoms with Gasteiger partial charge < -0.3 is 5.32 Å². The van der Waals surface area contributed by atoms with Crippen molar-refractivity contribution in [3.63, 3.8) is 0 Å². The van der Waals surface area contributed by atoms with Gasteiger partial charge in [-0.3, -0.25) is 14.6 Å². The van der Waals surface area contributed by atoms with E-state index in [1.165, 1.54) is 22.4 Å². The van der Waals surface area contributed by atoms with Crippen LogP contribution in [0, 0.1) is 0 Å². The number of aromatic amines is 1. The van der Waals surface area contributed by atoms with E-state index in [2.05, 4.69) is 30.0 Å². The van der Waals surface area contributed by atoms with E-state index in [0.29, 0.717) is 21.0 Å². The fourth-order valence-corrected chi connectivity index (χ4v) is 4.31. The molecule has 5 rings (SSSR count). The van der Waals surface area contributed by atoms with Gasteiger partial charge in [-0.1, -0.05) is 41.4 Å². The van der Waals surface area contributed by atoms with Crippen LogP contribution >= 0.6 is 34.7 Å². The Kier molecular flexibility index (Phi) is 5.60. The minimum atomic E-state index is 0.0276. The Morgan fingerprint density at radius 1 is 1.19 bits per heavy atom. The van der Waals surface area contributed by atoms with Gasteiger partial charge in [-0.25, -0.2) is 0 Å². The number of rotatable bonds is 7. The third-order valence-electron chi connectivity index (χ3n) is 4.75. The maximum absolute atomic E-state index is 12.4. The quantitative estimate of drug-likeness (QED) is 0.332. The molecule has 0 amide bonds. The molecule has 0 atom stereocenters. The van der Waals surface area contributed by atoms with Crippen molar-refractivity contribution in [3.05, 3.63) is 70.6 Å². The molecule has 5 aromatic rings. The standard InChI is InChI=1S/C21H15Cl2N7OS/c22-14-8-25-30(10-14)11-15(31)7-12-2-1-3-13(6-12)20-27-21(32-29-20)26-18-5-4-17-16(19(18)23)9-24-28-17/h1-6,8-10H,7,11H2,(H,24,28)(H,26,27,29). The van der Waals surface area contributed by atoms with Crippen LogP contribution in [-0.4, -0.2) is 35.1 Å². The van der Waals surface area contributed by atoms with Crippen molar-refractivity contribution < 1.29 is 4.79 Å². The molecule has 0 radical (unpaired) electrons. The second kappa shape index (κ2) is 8.70. The van der Waals surface area contributed by atoms with E-state index in [9.17, 15) is 4.79 Å². The Labute approximate surface area is 196 Å². The number of aromatic nitrogens is 6. The van der Waals surface area contributed by atoms with E-state index in [1.807, 2.05) is 36.4 Å². The lowest BCUT2D eigenvalue weighted by molar-refractivity contribution is -0.119. The number of ketones is 1. The van der Waals surface area contributed by atoms with Gasteiger partial charge in [-0.2, -0.15) is 19.6 Å². The summed E-state index contributed by atoms with van der Waals surface area (Å²) < 4.78 is 5.98. The highest BCUT2D eigenvalue weighted by Crippen LogP contribution is 2.33. The van der Waals surface area contributed by atoms with E-state index in [4.69, 9.17) is 23.2 Å². The van der Waals surface area contributed by atoms with Crippen molar-refractivity contribution in [2.24, 2.45) is 0 Å². The van der Waals surface area contributed by atoms with Gasteiger partial charge in [-0.15, -0.1) is 0 Å². The number of nitrogens with one attached hydrogen (secondary N) is 2. The highest BCUT2D eigenvalue weighted by atomic mass is 35.5. The molecule has 2 N–H and O–H groups in total.